The van der Waals surface area contributed by atoms with Crippen LogP contribution in [0.1, 0.15) is 114 Å². The van der Waals surface area contributed by atoms with E-state index >= 15 is 0 Å². The maximum Gasteiger partial charge on any atom is 0.416 e. The summed E-state index contributed by atoms with van der Waals surface area (Å²) in [7, 11) is 0. The topological polar surface area (TPSA) is 24.9 Å². The first-order chi connectivity index (χ1) is 21.0. The van der Waals surface area contributed by atoms with E-state index in [1.807, 2.05) is 0 Å². The van der Waals surface area contributed by atoms with Gasteiger partial charge in [-0.15, -0.1) is 0 Å². The average Bonchev–Trinajstić information content (AvgIpc) is 3.51. The van der Waals surface area contributed by atoms with E-state index in [-0.39, 0.29) is 17.2 Å². The molecule has 248 valence electrons. The van der Waals surface area contributed by atoms with Gasteiger partial charge < -0.3 is 5.32 Å². The standard InChI is InChI=1S/C36H46F6N2S/c1-20(2)7-6-8-21(3)26-11-12-27-25-9-10-29-31-30(14-16-34(29,5)28(25)13-15-33(26,27)4)44-32(45-31)43-24-18-22(35(37,38)39)17-23(19-24)36(40,41)42/h10,17-21,25-28H,6-9,11-16H2,1-5H3,(H,43,44)/t21?,25-,26?,27-,28-,33+,34+/m0/s1. The minimum absolute atomic E-state index is 0.00166. The predicted molar refractivity (Wildman–Crippen MR) is 169 cm³/mol. The summed E-state index contributed by atoms with van der Waals surface area (Å²) in [6, 6.07) is 1.61. The van der Waals surface area contributed by atoms with Crippen LogP contribution < -0.4 is 5.32 Å². The SMILES string of the molecule is CC(C)CCCC(C)C1CC[C@H]2[C@@H]3CC=C4c5sc(Nc6cc(C(F)(F)F)cc(C(F)(F)F)c6)nc5CC[C@]4(C)[C@H]3CC[C@]12C. The van der Waals surface area contributed by atoms with Gasteiger partial charge >= 0.3 is 12.4 Å². The summed E-state index contributed by atoms with van der Waals surface area (Å²) in [5.41, 5.74) is -0.357. The van der Waals surface area contributed by atoms with Crippen LogP contribution in [0.4, 0.5) is 37.2 Å². The third-order valence-corrected chi connectivity index (χ3v) is 13.4. The molecular weight excluding hydrogens is 606 g/mol. The van der Waals surface area contributed by atoms with Gasteiger partial charge in [-0.25, -0.2) is 4.98 Å². The zero-order valence-electron chi connectivity index (χ0n) is 27.0. The molecule has 1 aromatic heterocycles. The van der Waals surface area contributed by atoms with Crippen molar-refractivity contribution in [1.29, 1.82) is 0 Å². The number of nitrogens with one attached hydrogen (secondary N) is 1. The fourth-order valence-corrected chi connectivity index (χ4v) is 11.3. The second-order valence-electron chi connectivity index (χ2n) is 15.4. The Kier molecular flexibility index (Phi) is 8.47. The van der Waals surface area contributed by atoms with Crippen LogP contribution in [0, 0.1) is 46.3 Å². The molecule has 1 heterocycles. The maximum atomic E-state index is 13.5. The molecule has 2 saturated carbocycles. The number of alkyl halides is 6. The van der Waals surface area contributed by atoms with Crippen LogP contribution in [0.2, 0.25) is 0 Å². The molecule has 2 nitrogen and oxygen atoms in total. The largest absolute Gasteiger partial charge is 0.416 e. The molecule has 0 saturated heterocycles. The normalized spacial score (nSPS) is 32.0. The molecule has 45 heavy (non-hydrogen) atoms. The van der Waals surface area contributed by atoms with E-state index < -0.39 is 23.5 Å². The quantitative estimate of drug-likeness (QED) is 0.301. The molecule has 7 atom stereocenters. The first kappa shape index (κ1) is 32.9. The molecule has 0 amide bonds. The molecule has 4 aliphatic rings. The molecule has 0 radical (unpaired) electrons. The van der Waals surface area contributed by atoms with Crippen molar-refractivity contribution in [3.63, 3.8) is 0 Å². The van der Waals surface area contributed by atoms with E-state index in [1.165, 1.54) is 61.9 Å². The highest BCUT2D eigenvalue weighted by atomic mass is 32.1. The van der Waals surface area contributed by atoms with Crippen molar-refractivity contribution >= 4 is 27.7 Å². The van der Waals surface area contributed by atoms with E-state index in [1.54, 1.807) is 0 Å². The van der Waals surface area contributed by atoms with Gasteiger partial charge in [0.25, 0.3) is 0 Å². The number of benzene rings is 1. The Morgan fingerprint density at radius 1 is 0.911 bits per heavy atom. The van der Waals surface area contributed by atoms with Gasteiger partial charge in [0.2, 0.25) is 0 Å². The molecule has 0 bridgehead atoms. The number of anilines is 2. The number of hydrogen-bond acceptors (Lipinski definition) is 3. The Morgan fingerprint density at radius 3 is 2.24 bits per heavy atom. The Morgan fingerprint density at radius 2 is 1.60 bits per heavy atom. The zero-order chi connectivity index (χ0) is 32.5. The average molecular weight is 653 g/mol. The van der Waals surface area contributed by atoms with Crippen LogP contribution in [-0.2, 0) is 18.8 Å². The van der Waals surface area contributed by atoms with E-state index in [0.717, 1.165) is 65.6 Å². The Hall–Kier alpha value is -2.03. The van der Waals surface area contributed by atoms with Crippen molar-refractivity contribution in [3.05, 3.63) is 46.0 Å². The number of fused-ring (bicyclic) bond motifs is 7. The van der Waals surface area contributed by atoms with E-state index in [9.17, 15) is 26.3 Å². The molecule has 2 fully saturated rings. The number of hydrogen-bond donors (Lipinski definition) is 1. The van der Waals surface area contributed by atoms with Crippen molar-refractivity contribution < 1.29 is 26.3 Å². The number of thiazole rings is 1. The van der Waals surface area contributed by atoms with Gasteiger partial charge in [-0.3, -0.25) is 0 Å². The van der Waals surface area contributed by atoms with Crippen LogP contribution in [-0.4, -0.2) is 4.98 Å². The van der Waals surface area contributed by atoms with Crippen molar-refractivity contribution in [2.45, 2.75) is 111 Å². The Labute approximate surface area is 267 Å². The van der Waals surface area contributed by atoms with Crippen molar-refractivity contribution in [3.8, 4) is 0 Å². The lowest BCUT2D eigenvalue weighted by Crippen LogP contribution is -2.49. The number of aromatic nitrogens is 1. The van der Waals surface area contributed by atoms with Crippen LogP contribution in [0.3, 0.4) is 0 Å². The second-order valence-corrected chi connectivity index (χ2v) is 16.4. The monoisotopic (exact) mass is 652 g/mol. The number of aryl methyl sites for hydroxylation is 1. The fraction of sp³-hybridized carbons (Fsp3) is 0.694. The minimum atomic E-state index is -4.90. The summed E-state index contributed by atoms with van der Waals surface area (Å²) in [5.74, 6) is 4.26. The maximum absolute atomic E-state index is 13.5. The van der Waals surface area contributed by atoms with Crippen molar-refractivity contribution in [1.82, 2.24) is 4.98 Å². The van der Waals surface area contributed by atoms with Crippen LogP contribution in [0.15, 0.2) is 24.3 Å². The molecule has 2 unspecified atom stereocenters. The minimum Gasteiger partial charge on any atom is -0.332 e. The van der Waals surface area contributed by atoms with Gasteiger partial charge in [0.05, 0.1) is 21.7 Å². The number of nitrogens with zero attached hydrogens (tertiary/aromatic N) is 1. The molecule has 2 aromatic rings. The lowest BCUT2D eigenvalue weighted by atomic mass is 9.47. The lowest BCUT2D eigenvalue weighted by molar-refractivity contribution is -0.143. The number of allylic oxidation sites excluding steroid dienone is 2. The Bertz CT molecular complexity index is 1410. The molecular formula is C36H46F6N2S. The number of rotatable bonds is 7. The van der Waals surface area contributed by atoms with Gasteiger partial charge in [0.15, 0.2) is 5.13 Å². The molecule has 0 aliphatic heterocycles. The van der Waals surface area contributed by atoms with Gasteiger partial charge in [-0.05, 0) is 115 Å². The third kappa shape index (κ3) is 5.97. The predicted octanol–water partition coefficient (Wildman–Crippen LogP) is 12.2. The smallest absolute Gasteiger partial charge is 0.332 e. The highest BCUT2D eigenvalue weighted by Gasteiger charge is 2.59. The van der Waals surface area contributed by atoms with Gasteiger partial charge in [0, 0.05) is 5.69 Å². The molecule has 1 N–H and O–H groups in total. The van der Waals surface area contributed by atoms with Gasteiger partial charge in [-0.2, -0.15) is 26.3 Å². The van der Waals surface area contributed by atoms with E-state index in [0.29, 0.717) is 22.4 Å². The fourth-order valence-electron chi connectivity index (χ4n) is 10.1. The lowest BCUT2D eigenvalue weighted by Gasteiger charge is -2.57. The van der Waals surface area contributed by atoms with Gasteiger partial charge in [0.1, 0.15) is 0 Å². The van der Waals surface area contributed by atoms with Crippen LogP contribution in [0.25, 0.3) is 5.57 Å². The molecule has 9 heteroatoms. The summed E-state index contributed by atoms with van der Waals surface area (Å²) in [6.07, 6.45) is 4.46. The van der Waals surface area contributed by atoms with E-state index in [2.05, 4.69) is 51.0 Å². The van der Waals surface area contributed by atoms with Crippen LogP contribution >= 0.6 is 11.3 Å². The van der Waals surface area contributed by atoms with E-state index in [4.69, 9.17) is 0 Å². The van der Waals surface area contributed by atoms with Crippen molar-refractivity contribution in [2.24, 2.45) is 46.3 Å². The van der Waals surface area contributed by atoms with Crippen LogP contribution in [0.5, 0.6) is 0 Å². The first-order valence-corrected chi connectivity index (χ1v) is 17.6. The molecule has 1 aromatic carbocycles. The number of halogens is 6. The summed E-state index contributed by atoms with van der Waals surface area (Å²) in [4.78, 5) is 5.73. The third-order valence-electron chi connectivity index (χ3n) is 12.3. The zero-order valence-corrected chi connectivity index (χ0v) is 27.8. The molecule has 6 rings (SSSR count). The summed E-state index contributed by atoms with van der Waals surface area (Å²) < 4.78 is 80.7. The highest BCUT2D eigenvalue weighted by Crippen LogP contribution is 2.68. The highest BCUT2D eigenvalue weighted by molar-refractivity contribution is 7.16. The summed E-state index contributed by atoms with van der Waals surface area (Å²) in [5, 5.41) is 3.14. The van der Waals surface area contributed by atoms with Gasteiger partial charge in [-0.1, -0.05) is 71.3 Å². The summed E-state index contributed by atoms with van der Waals surface area (Å²) >= 11 is 1.36. The second kappa shape index (κ2) is 11.6. The first-order valence-electron chi connectivity index (χ1n) is 16.8. The molecule has 4 aliphatic carbocycles. The molecule has 0 spiro atoms. The van der Waals surface area contributed by atoms with Crippen molar-refractivity contribution in [2.75, 3.05) is 5.32 Å². The summed E-state index contributed by atoms with van der Waals surface area (Å²) in [6.45, 7) is 12.1. The Balaban J connectivity index is 1.23.